The fourth-order valence-electron chi connectivity index (χ4n) is 4.77. The molecule has 5 rings (SSSR count). The number of nitrogens with zero attached hydrogens (tertiary/aromatic N) is 3. The molecule has 186 valence electrons. The first-order chi connectivity index (χ1) is 16.5. The lowest BCUT2D eigenvalue weighted by molar-refractivity contribution is -0.137. The van der Waals surface area contributed by atoms with Crippen molar-refractivity contribution in [3.63, 3.8) is 0 Å². The maximum atomic E-state index is 14.8. The van der Waals surface area contributed by atoms with E-state index >= 15 is 0 Å². The number of halogens is 4. The SMILES string of the molecule is CCS(=O)(=O)N[C@H]1C[C@H]2CN(c3noc4cccc(-c5c(F)cccc5C(F)(F)F)c34)C(=O)N2C1. The van der Waals surface area contributed by atoms with Crippen LogP contribution in [0.4, 0.5) is 28.2 Å². The van der Waals surface area contributed by atoms with E-state index in [0.29, 0.717) is 6.42 Å². The van der Waals surface area contributed by atoms with Gasteiger partial charge >= 0.3 is 12.2 Å². The fraction of sp³-hybridized carbons (Fsp3) is 0.364. The molecular weight excluding hydrogens is 492 g/mol. The molecule has 0 saturated carbocycles. The van der Waals surface area contributed by atoms with E-state index in [1.165, 1.54) is 34.9 Å². The first-order valence-corrected chi connectivity index (χ1v) is 12.5. The molecule has 3 aromatic rings. The number of nitrogens with one attached hydrogen (secondary N) is 1. The van der Waals surface area contributed by atoms with Crippen molar-refractivity contribution in [1.29, 1.82) is 0 Å². The van der Waals surface area contributed by atoms with Crippen molar-refractivity contribution in [3.8, 4) is 11.1 Å². The summed E-state index contributed by atoms with van der Waals surface area (Å²) in [5, 5.41) is 4.03. The predicted molar refractivity (Wildman–Crippen MR) is 119 cm³/mol. The van der Waals surface area contributed by atoms with Crippen LogP contribution in [0.15, 0.2) is 40.9 Å². The van der Waals surface area contributed by atoms with Crippen LogP contribution in [0.2, 0.25) is 0 Å². The number of hydrogen-bond acceptors (Lipinski definition) is 5. The standard InChI is InChI=1S/C22H20F4N4O4S/c1-2-35(32,33)28-12-9-13-11-30(21(31)29(13)10-12)20-19-14(5-3-8-17(19)34-27-20)18-15(22(24,25)26)6-4-7-16(18)23/h3-8,12-13,28H,2,9-11H2,1H3/t12-,13-/m0/s1. The van der Waals surface area contributed by atoms with Crippen LogP contribution >= 0.6 is 0 Å². The zero-order valence-corrected chi connectivity index (χ0v) is 19.2. The quantitative estimate of drug-likeness (QED) is 0.522. The van der Waals surface area contributed by atoms with Crippen molar-refractivity contribution in [2.75, 3.05) is 23.7 Å². The molecule has 0 unspecified atom stereocenters. The van der Waals surface area contributed by atoms with Gasteiger partial charge in [-0.05, 0) is 31.5 Å². The summed E-state index contributed by atoms with van der Waals surface area (Å²) in [5.74, 6) is -1.17. The van der Waals surface area contributed by atoms with Gasteiger partial charge in [0.2, 0.25) is 10.0 Å². The molecule has 2 aliphatic heterocycles. The molecule has 2 aliphatic rings. The number of carbonyl (C=O) groups is 1. The fourth-order valence-corrected chi connectivity index (χ4v) is 5.62. The van der Waals surface area contributed by atoms with Crippen molar-refractivity contribution in [2.45, 2.75) is 31.6 Å². The van der Waals surface area contributed by atoms with Crippen LogP contribution in [0.3, 0.4) is 0 Å². The second-order valence-electron chi connectivity index (χ2n) is 8.50. The first-order valence-electron chi connectivity index (χ1n) is 10.8. The summed E-state index contributed by atoms with van der Waals surface area (Å²) >= 11 is 0. The monoisotopic (exact) mass is 512 g/mol. The molecule has 1 N–H and O–H groups in total. The van der Waals surface area contributed by atoms with Crippen molar-refractivity contribution < 1.29 is 35.3 Å². The van der Waals surface area contributed by atoms with Crippen molar-refractivity contribution in [3.05, 3.63) is 47.8 Å². The number of anilines is 1. The van der Waals surface area contributed by atoms with E-state index in [1.807, 2.05) is 0 Å². The van der Waals surface area contributed by atoms with E-state index in [1.54, 1.807) is 0 Å². The second kappa shape index (κ2) is 8.19. The molecule has 2 amide bonds. The Kier molecular flexibility index (Phi) is 5.51. The molecule has 2 saturated heterocycles. The van der Waals surface area contributed by atoms with Crippen LogP contribution in [0.5, 0.6) is 0 Å². The average molecular weight is 512 g/mol. The Morgan fingerprint density at radius 2 is 1.91 bits per heavy atom. The number of alkyl halides is 3. The Morgan fingerprint density at radius 3 is 2.60 bits per heavy atom. The minimum absolute atomic E-state index is 0.0166. The number of amides is 2. The topological polar surface area (TPSA) is 95.7 Å². The molecule has 35 heavy (non-hydrogen) atoms. The summed E-state index contributed by atoms with van der Waals surface area (Å²) < 4.78 is 87.6. The van der Waals surface area contributed by atoms with Gasteiger partial charge in [-0.3, -0.25) is 4.90 Å². The molecule has 3 heterocycles. The van der Waals surface area contributed by atoms with Gasteiger partial charge in [0, 0.05) is 30.3 Å². The lowest BCUT2D eigenvalue weighted by atomic mass is 9.95. The van der Waals surface area contributed by atoms with Gasteiger partial charge in [-0.2, -0.15) is 13.2 Å². The van der Waals surface area contributed by atoms with E-state index in [9.17, 15) is 30.8 Å². The first kappa shape index (κ1) is 23.5. The third kappa shape index (κ3) is 4.01. The average Bonchev–Trinajstić information content (AvgIpc) is 3.46. The highest BCUT2D eigenvalue weighted by atomic mass is 32.2. The number of urea groups is 1. The Labute approximate surface area is 197 Å². The largest absolute Gasteiger partial charge is 0.417 e. The molecule has 2 aromatic carbocycles. The minimum atomic E-state index is -4.82. The maximum absolute atomic E-state index is 14.8. The zero-order chi connectivity index (χ0) is 25.1. The van der Waals surface area contributed by atoms with Crippen molar-refractivity contribution in [2.24, 2.45) is 0 Å². The third-order valence-corrected chi connectivity index (χ3v) is 7.79. The summed E-state index contributed by atoms with van der Waals surface area (Å²) in [6.45, 7) is 1.79. The second-order valence-corrected chi connectivity index (χ2v) is 10.5. The number of aromatic nitrogens is 1. The van der Waals surface area contributed by atoms with Gasteiger partial charge in [0.1, 0.15) is 5.82 Å². The summed E-state index contributed by atoms with van der Waals surface area (Å²) in [5.41, 5.74) is -1.81. The van der Waals surface area contributed by atoms with Crippen molar-refractivity contribution in [1.82, 2.24) is 14.8 Å². The molecule has 0 bridgehead atoms. The highest BCUT2D eigenvalue weighted by Crippen LogP contribution is 2.44. The zero-order valence-electron chi connectivity index (χ0n) is 18.3. The summed E-state index contributed by atoms with van der Waals surface area (Å²) in [6, 6.07) is 5.69. The summed E-state index contributed by atoms with van der Waals surface area (Å²) in [7, 11) is -3.45. The molecule has 13 heteroatoms. The van der Waals surface area contributed by atoms with Crippen LogP contribution < -0.4 is 9.62 Å². The number of sulfonamides is 1. The number of benzene rings is 2. The van der Waals surface area contributed by atoms with E-state index in [-0.39, 0.29) is 47.2 Å². The number of rotatable bonds is 5. The summed E-state index contributed by atoms with van der Waals surface area (Å²) in [4.78, 5) is 16.0. The van der Waals surface area contributed by atoms with E-state index < -0.39 is 45.2 Å². The highest BCUT2D eigenvalue weighted by molar-refractivity contribution is 7.89. The van der Waals surface area contributed by atoms with Crippen LogP contribution in [-0.4, -0.2) is 55.4 Å². The van der Waals surface area contributed by atoms with Gasteiger partial charge in [-0.1, -0.05) is 23.4 Å². The Morgan fingerprint density at radius 1 is 1.17 bits per heavy atom. The predicted octanol–water partition coefficient (Wildman–Crippen LogP) is 3.97. The van der Waals surface area contributed by atoms with Gasteiger partial charge in [0.05, 0.1) is 22.7 Å². The normalized spacial score (nSPS) is 20.8. The lowest BCUT2D eigenvalue weighted by Gasteiger charge is -2.19. The van der Waals surface area contributed by atoms with Crippen LogP contribution in [-0.2, 0) is 16.2 Å². The van der Waals surface area contributed by atoms with E-state index in [2.05, 4.69) is 9.88 Å². The van der Waals surface area contributed by atoms with Gasteiger partial charge < -0.3 is 9.42 Å². The number of fused-ring (bicyclic) bond motifs is 2. The van der Waals surface area contributed by atoms with E-state index in [4.69, 9.17) is 4.52 Å². The smallest absolute Gasteiger partial charge is 0.354 e. The molecule has 8 nitrogen and oxygen atoms in total. The molecule has 0 aliphatic carbocycles. The van der Waals surface area contributed by atoms with Gasteiger partial charge in [-0.25, -0.2) is 22.3 Å². The Balaban J connectivity index is 1.54. The van der Waals surface area contributed by atoms with Crippen LogP contribution in [0.1, 0.15) is 18.9 Å². The van der Waals surface area contributed by atoms with E-state index in [0.717, 1.165) is 18.2 Å². The van der Waals surface area contributed by atoms with Gasteiger partial charge in [0.15, 0.2) is 11.4 Å². The molecule has 2 fully saturated rings. The molecule has 0 spiro atoms. The third-order valence-electron chi connectivity index (χ3n) is 6.33. The molecule has 1 aromatic heterocycles. The van der Waals surface area contributed by atoms with Crippen LogP contribution in [0.25, 0.3) is 22.1 Å². The van der Waals surface area contributed by atoms with Crippen LogP contribution in [0, 0.1) is 5.82 Å². The molecule has 0 radical (unpaired) electrons. The molecule has 2 atom stereocenters. The molecular formula is C22H20F4N4O4S. The van der Waals surface area contributed by atoms with Gasteiger partial charge in [-0.15, -0.1) is 0 Å². The van der Waals surface area contributed by atoms with Gasteiger partial charge in [0.25, 0.3) is 0 Å². The van der Waals surface area contributed by atoms with Crippen molar-refractivity contribution >= 4 is 32.8 Å². The minimum Gasteiger partial charge on any atom is -0.354 e. The highest BCUT2D eigenvalue weighted by Gasteiger charge is 2.47. The Bertz CT molecular complexity index is 1420. The maximum Gasteiger partial charge on any atom is 0.417 e. The number of carbonyl (C=O) groups excluding carboxylic acids is 1. The lowest BCUT2D eigenvalue weighted by Crippen LogP contribution is -2.41. The number of hydrogen-bond donors (Lipinski definition) is 1. The Hall–Kier alpha value is -3.19. The summed E-state index contributed by atoms with van der Waals surface area (Å²) in [6.07, 6.45) is -4.44.